The molecule has 0 saturated heterocycles. The van der Waals surface area contributed by atoms with Crippen molar-refractivity contribution >= 4 is 17.3 Å². The summed E-state index contributed by atoms with van der Waals surface area (Å²) in [5.74, 6) is 0.280. The summed E-state index contributed by atoms with van der Waals surface area (Å²) in [7, 11) is 0. The molecule has 3 rings (SSSR count). The highest BCUT2D eigenvalue weighted by atomic mass is 16.6. The maximum absolute atomic E-state index is 12.4. The minimum absolute atomic E-state index is 0.184. The first kappa shape index (κ1) is 17.2. The molecule has 1 amide bonds. The maximum atomic E-state index is 12.4. The topological polar surface area (TPSA) is 68.5 Å². The molecule has 6 nitrogen and oxygen atoms in total. The first-order valence-electron chi connectivity index (χ1n) is 8.66. The second-order valence-electron chi connectivity index (χ2n) is 6.59. The molecule has 2 aromatic rings. The van der Waals surface area contributed by atoms with E-state index in [0.29, 0.717) is 12.3 Å². The predicted octanol–water partition coefficient (Wildman–Crippen LogP) is 3.47. The van der Waals surface area contributed by atoms with Gasteiger partial charge in [-0.1, -0.05) is 31.1 Å². The van der Waals surface area contributed by atoms with Crippen LogP contribution in [0.2, 0.25) is 0 Å². The highest BCUT2D eigenvalue weighted by Crippen LogP contribution is 2.21. The fourth-order valence-electron chi connectivity index (χ4n) is 2.81. The van der Waals surface area contributed by atoms with Gasteiger partial charge in [0.15, 0.2) is 0 Å². The molecule has 6 heteroatoms. The molecular weight excluding hydrogens is 316 g/mol. The number of aromatic nitrogens is 2. The number of benzene rings is 1. The van der Waals surface area contributed by atoms with Crippen LogP contribution in [0.15, 0.2) is 35.6 Å². The third kappa shape index (κ3) is 3.73. The average molecular weight is 340 g/mol. The van der Waals surface area contributed by atoms with Crippen molar-refractivity contribution in [3.8, 4) is 0 Å². The van der Waals surface area contributed by atoms with E-state index in [9.17, 15) is 4.79 Å². The number of amides is 1. The number of aryl methyl sites for hydroxylation is 2. The largest absolute Gasteiger partial charge is 0.382 e. The van der Waals surface area contributed by atoms with E-state index in [1.807, 2.05) is 49.0 Å². The van der Waals surface area contributed by atoms with Crippen LogP contribution in [0.1, 0.15) is 49.9 Å². The molecule has 132 valence electrons. The summed E-state index contributed by atoms with van der Waals surface area (Å²) in [6.45, 7) is 9.05. The van der Waals surface area contributed by atoms with Crippen molar-refractivity contribution in [1.82, 2.24) is 9.78 Å². The number of hydrogen-bond acceptors (Lipinski definition) is 4. The molecular formula is C19H24N4O2. The Hall–Kier alpha value is -2.63. The van der Waals surface area contributed by atoms with Gasteiger partial charge in [0, 0.05) is 30.4 Å². The molecule has 1 unspecified atom stereocenters. The Kier molecular flexibility index (Phi) is 4.88. The van der Waals surface area contributed by atoms with Crippen LogP contribution >= 0.6 is 0 Å². The van der Waals surface area contributed by atoms with Gasteiger partial charge in [0.25, 0.3) is 5.91 Å². The zero-order valence-electron chi connectivity index (χ0n) is 15.1. The molecule has 1 atom stereocenters. The number of rotatable bonds is 5. The van der Waals surface area contributed by atoms with Gasteiger partial charge >= 0.3 is 0 Å². The Morgan fingerprint density at radius 2 is 2.08 bits per heavy atom. The van der Waals surface area contributed by atoms with Crippen molar-refractivity contribution in [2.75, 3.05) is 5.32 Å². The third-order valence-electron chi connectivity index (χ3n) is 4.39. The van der Waals surface area contributed by atoms with E-state index in [-0.39, 0.29) is 5.91 Å². The molecule has 1 N–H and O–H groups in total. The lowest BCUT2D eigenvalue weighted by molar-refractivity contribution is -0.125. The molecule has 0 radical (unpaired) electrons. The average Bonchev–Trinajstić information content (AvgIpc) is 3.21. The molecule has 0 spiro atoms. The SMILES string of the molecule is CCn1cc(C2=NOC(C(=O)Nc3ccc(C(C)C)cc3)C2)c(C)n1. The number of carbonyl (C=O) groups excluding carboxylic acids is 1. The molecule has 1 aliphatic rings. The fraction of sp³-hybridized carbons (Fsp3) is 0.421. The number of nitrogens with zero attached hydrogens (tertiary/aromatic N) is 3. The number of oxime groups is 1. The van der Waals surface area contributed by atoms with Crippen LogP contribution in [0.4, 0.5) is 5.69 Å². The number of anilines is 1. The van der Waals surface area contributed by atoms with Crippen LogP contribution < -0.4 is 5.32 Å². The van der Waals surface area contributed by atoms with Gasteiger partial charge in [0.2, 0.25) is 6.10 Å². The van der Waals surface area contributed by atoms with Gasteiger partial charge in [-0.25, -0.2) is 0 Å². The Morgan fingerprint density at radius 1 is 1.36 bits per heavy atom. The second kappa shape index (κ2) is 7.09. The van der Waals surface area contributed by atoms with Crippen molar-refractivity contribution in [3.63, 3.8) is 0 Å². The molecule has 0 bridgehead atoms. The Labute approximate surface area is 147 Å². The molecule has 1 aromatic carbocycles. The van der Waals surface area contributed by atoms with Crippen LogP contribution in [0.5, 0.6) is 0 Å². The van der Waals surface area contributed by atoms with E-state index in [1.54, 1.807) is 0 Å². The first-order chi connectivity index (χ1) is 12.0. The second-order valence-corrected chi connectivity index (χ2v) is 6.59. The third-order valence-corrected chi connectivity index (χ3v) is 4.39. The number of hydrogen-bond donors (Lipinski definition) is 1. The lowest BCUT2D eigenvalue weighted by Crippen LogP contribution is -2.28. The molecule has 0 fully saturated rings. The summed E-state index contributed by atoms with van der Waals surface area (Å²) in [5.41, 5.74) is 4.62. The van der Waals surface area contributed by atoms with Crippen molar-refractivity contribution in [3.05, 3.63) is 47.3 Å². The van der Waals surface area contributed by atoms with Gasteiger partial charge in [-0.2, -0.15) is 5.10 Å². The predicted molar refractivity (Wildman–Crippen MR) is 97.8 cm³/mol. The number of carbonyl (C=O) groups is 1. The van der Waals surface area contributed by atoms with E-state index in [4.69, 9.17) is 4.84 Å². The normalized spacial score (nSPS) is 16.7. The highest BCUT2D eigenvalue weighted by molar-refractivity contribution is 6.06. The van der Waals surface area contributed by atoms with Crippen molar-refractivity contribution in [2.24, 2.45) is 5.16 Å². The van der Waals surface area contributed by atoms with Crippen LogP contribution in [-0.4, -0.2) is 27.5 Å². The molecule has 1 aromatic heterocycles. The maximum Gasteiger partial charge on any atom is 0.268 e. The zero-order valence-corrected chi connectivity index (χ0v) is 15.1. The van der Waals surface area contributed by atoms with E-state index in [0.717, 1.165) is 29.2 Å². The lowest BCUT2D eigenvalue weighted by atomic mass is 10.0. The summed E-state index contributed by atoms with van der Waals surface area (Å²) < 4.78 is 1.86. The number of nitrogens with one attached hydrogen (secondary N) is 1. The molecule has 25 heavy (non-hydrogen) atoms. The smallest absolute Gasteiger partial charge is 0.268 e. The van der Waals surface area contributed by atoms with Gasteiger partial charge in [0.05, 0.1) is 11.4 Å². The minimum Gasteiger partial charge on any atom is -0.382 e. The fourth-order valence-corrected chi connectivity index (χ4v) is 2.81. The minimum atomic E-state index is -0.607. The summed E-state index contributed by atoms with van der Waals surface area (Å²) >= 11 is 0. The monoisotopic (exact) mass is 340 g/mol. The quantitative estimate of drug-likeness (QED) is 0.906. The first-order valence-corrected chi connectivity index (χ1v) is 8.66. The van der Waals surface area contributed by atoms with Gasteiger partial charge in [-0.05, 0) is 37.5 Å². The van der Waals surface area contributed by atoms with Gasteiger partial charge in [-0.15, -0.1) is 0 Å². The van der Waals surface area contributed by atoms with E-state index >= 15 is 0 Å². The van der Waals surface area contributed by atoms with Crippen molar-refractivity contribution < 1.29 is 9.63 Å². The highest BCUT2D eigenvalue weighted by Gasteiger charge is 2.30. The molecule has 2 heterocycles. The van der Waals surface area contributed by atoms with E-state index in [2.05, 4.69) is 29.4 Å². The van der Waals surface area contributed by atoms with Gasteiger partial charge in [0.1, 0.15) is 0 Å². The van der Waals surface area contributed by atoms with Crippen LogP contribution in [0.25, 0.3) is 0 Å². The molecule has 0 aliphatic carbocycles. The van der Waals surface area contributed by atoms with Crippen molar-refractivity contribution in [2.45, 2.75) is 52.7 Å². The van der Waals surface area contributed by atoms with Crippen LogP contribution in [-0.2, 0) is 16.2 Å². The lowest BCUT2D eigenvalue weighted by Gasteiger charge is -2.11. The summed E-state index contributed by atoms with van der Waals surface area (Å²) in [5, 5.41) is 11.4. The van der Waals surface area contributed by atoms with Crippen LogP contribution in [0.3, 0.4) is 0 Å². The molecule has 0 saturated carbocycles. The molecule has 1 aliphatic heterocycles. The van der Waals surface area contributed by atoms with E-state index in [1.165, 1.54) is 5.56 Å². The Morgan fingerprint density at radius 3 is 2.68 bits per heavy atom. The standard InChI is InChI=1S/C19H24N4O2/c1-5-23-11-16(13(4)21-23)17-10-18(25-22-17)19(24)20-15-8-6-14(7-9-15)12(2)3/h6-9,11-12,18H,5,10H2,1-4H3,(H,20,24). The van der Waals surface area contributed by atoms with Crippen LogP contribution in [0, 0.1) is 6.92 Å². The van der Waals surface area contributed by atoms with Gasteiger partial charge in [-0.3, -0.25) is 9.48 Å². The summed E-state index contributed by atoms with van der Waals surface area (Å²) in [6.07, 6.45) is 1.79. The summed E-state index contributed by atoms with van der Waals surface area (Å²) in [6, 6.07) is 7.89. The summed E-state index contributed by atoms with van der Waals surface area (Å²) in [4.78, 5) is 17.8. The van der Waals surface area contributed by atoms with E-state index < -0.39 is 6.10 Å². The zero-order chi connectivity index (χ0) is 18.0. The Balaban J connectivity index is 1.62. The van der Waals surface area contributed by atoms with Crippen molar-refractivity contribution in [1.29, 1.82) is 0 Å². The Bertz CT molecular complexity index is 790. The van der Waals surface area contributed by atoms with Gasteiger partial charge < -0.3 is 10.2 Å².